The summed E-state index contributed by atoms with van der Waals surface area (Å²) < 4.78 is 12.4. The van der Waals surface area contributed by atoms with Crippen LogP contribution in [0.2, 0.25) is 0 Å². The number of carbonyl (C=O) groups excluding carboxylic acids is 1. The van der Waals surface area contributed by atoms with Crippen molar-refractivity contribution >= 4 is 17.5 Å². The quantitative estimate of drug-likeness (QED) is 0.0353. The molecule has 0 radical (unpaired) electrons. The lowest BCUT2D eigenvalue weighted by molar-refractivity contribution is -0.130. The fourth-order valence-corrected chi connectivity index (χ4v) is 6.16. The second-order valence-electron chi connectivity index (χ2n) is 11.9. The van der Waals surface area contributed by atoms with Gasteiger partial charge >= 0.3 is 0 Å². The van der Waals surface area contributed by atoms with Crippen LogP contribution in [0.1, 0.15) is 46.3 Å². The molecule has 252 valence electrons. The molecule has 0 spiro atoms. The second kappa shape index (κ2) is 16.5. The monoisotopic (exact) mass is 666 g/mol. The number of aliphatic hydroxyl groups excluding tert-OH is 1. The Balaban J connectivity index is 1.38. The van der Waals surface area contributed by atoms with E-state index in [4.69, 9.17) is 19.6 Å². The van der Waals surface area contributed by atoms with Crippen LogP contribution >= 0.6 is 0 Å². The van der Waals surface area contributed by atoms with Crippen LogP contribution in [0, 0.1) is 0 Å². The molecule has 0 saturated heterocycles. The molecule has 0 saturated carbocycles. The molecule has 1 aliphatic rings. The largest absolute Gasteiger partial charge is 0.494 e. The number of aliphatic hydroxyl groups is 1. The molecule has 0 aliphatic carbocycles. The molecule has 1 aliphatic heterocycles. The topological polar surface area (TPSA) is 141 Å². The van der Waals surface area contributed by atoms with E-state index in [2.05, 4.69) is 45.1 Å². The number of nitrogens with one attached hydrogen (secondary N) is 2. The van der Waals surface area contributed by atoms with Crippen LogP contribution in [-0.2, 0) is 16.0 Å². The maximum atomic E-state index is 14.8. The molecule has 1 heterocycles. The lowest BCUT2D eigenvalue weighted by Crippen LogP contribution is -2.54. The van der Waals surface area contributed by atoms with E-state index in [-0.39, 0.29) is 24.8 Å². The lowest BCUT2D eigenvalue weighted by atomic mass is 9.81. The fourth-order valence-electron chi connectivity index (χ4n) is 6.16. The number of benzene rings is 5. The van der Waals surface area contributed by atoms with Crippen LogP contribution in [0.5, 0.6) is 5.75 Å². The summed E-state index contributed by atoms with van der Waals surface area (Å²) in [6.45, 7) is 0.839. The Hall–Kier alpha value is -5.93. The molecule has 50 heavy (non-hydrogen) atoms. The van der Waals surface area contributed by atoms with E-state index < -0.39 is 17.6 Å². The molecule has 10 nitrogen and oxygen atoms in total. The summed E-state index contributed by atoms with van der Waals surface area (Å²) >= 11 is 0. The van der Waals surface area contributed by atoms with Crippen molar-refractivity contribution in [1.82, 2.24) is 10.9 Å². The molecule has 6 rings (SSSR count). The summed E-state index contributed by atoms with van der Waals surface area (Å²) in [6, 6.07) is 44.3. The minimum absolute atomic E-state index is 0.0405. The molecule has 2 atom stereocenters. The number of rotatable bonds is 15. The molecule has 10 heteroatoms. The van der Waals surface area contributed by atoms with Gasteiger partial charge in [0.25, 0.3) is 5.91 Å². The molecule has 0 aromatic heterocycles. The standard InChI is InChI=1S/C40H38N6O4/c41-46-44-36-20-11-10-19-34(36)37-40(27-29-13-4-1-5-14-29,43-38(50-37)32-21-23-33(24-22-32)49-26-12-25-47)39(48)45-42-28-35(30-15-6-2-7-16-30)31-17-8-3-9-18-31/h1-11,13-24,35,37,42,47H,12,25-28H2,(H,45,48)/t37-,40-/m0/s1. The fraction of sp³-hybridized carbons (Fsp3) is 0.200. The SMILES string of the molecule is [N-]=[N+]=Nc1ccccc1[C@@H]1OC(c2ccc(OCCCO)cc2)=N[C@]1(Cc1ccccc1)C(=O)NNCC(c1ccccc1)c1ccccc1. The van der Waals surface area contributed by atoms with E-state index in [0.29, 0.717) is 42.1 Å². The number of aliphatic imine (C=N–C) groups is 1. The Bertz CT molecular complexity index is 1890. The molecule has 0 bridgehead atoms. The lowest BCUT2D eigenvalue weighted by Gasteiger charge is -2.31. The highest BCUT2D eigenvalue weighted by Gasteiger charge is 2.54. The van der Waals surface area contributed by atoms with Crippen LogP contribution in [0.4, 0.5) is 5.69 Å². The van der Waals surface area contributed by atoms with Crippen LogP contribution in [-0.4, -0.2) is 42.2 Å². The number of azide groups is 1. The molecule has 0 fully saturated rings. The van der Waals surface area contributed by atoms with Crippen molar-refractivity contribution in [2.24, 2.45) is 10.1 Å². The van der Waals surface area contributed by atoms with Crippen LogP contribution in [0.15, 0.2) is 150 Å². The predicted octanol–water partition coefficient (Wildman–Crippen LogP) is 7.34. The Morgan fingerprint density at radius 3 is 2.14 bits per heavy atom. The van der Waals surface area contributed by atoms with E-state index in [1.807, 2.05) is 84.9 Å². The van der Waals surface area contributed by atoms with Gasteiger partial charge in [0.2, 0.25) is 5.90 Å². The highest BCUT2D eigenvalue weighted by molar-refractivity contribution is 6.01. The predicted molar refractivity (Wildman–Crippen MR) is 193 cm³/mol. The smallest absolute Gasteiger partial charge is 0.266 e. The van der Waals surface area contributed by atoms with Gasteiger partial charge in [-0.05, 0) is 46.5 Å². The highest BCUT2D eigenvalue weighted by Crippen LogP contribution is 2.45. The maximum Gasteiger partial charge on any atom is 0.266 e. The number of hydrogen-bond acceptors (Lipinski definition) is 7. The Labute approximate surface area is 291 Å². The van der Waals surface area contributed by atoms with E-state index in [1.54, 1.807) is 30.3 Å². The van der Waals surface area contributed by atoms with Gasteiger partial charge < -0.3 is 14.6 Å². The van der Waals surface area contributed by atoms with E-state index in [1.165, 1.54) is 0 Å². The summed E-state index contributed by atoms with van der Waals surface area (Å²) in [5.41, 5.74) is 18.8. The summed E-state index contributed by atoms with van der Waals surface area (Å²) in [5, 5.41) is 13.1. The van der Waals surface area contributed by atoms with Crippen LogP contribution in [0.3, 0.4) is 0 Å². The van der Waals surface area contributed by atoms with Crippen molar-refractivity contribution in [1.29, 1.82) is 0 Å². The maximum absolute atomic E-state index is 14.8. The highest BCUT2D eigenvalue weighted by atomic mass is 16.5. The first-order valence-corrected chi connectivity index (χ1v) is 16.5. The number of ether oxygens (including phenoxy) is 2. The minimum Gasteiger partial charge on any atom is -0.494 e. The summed E-state index contributed by atoms with van der Waals surface area (Å²) in [7, 11) is 0. The van der Waals surface area contributed by atoms with Gasteiger partial charge in [0.05, 0.1) is 6.61 Å². The minimum atomic E-state index is -1.50. The zero-order valence-corrected chi connectivity index (χ0v) is 27.4. The third-order valence-electron chi connectivity index (χ3n) is 8.63. The van der Waals surface area contributed by atoms with Gasteiger partial charge in [-0.15, -0.1) is 0 Å². The van der Waals surface area contributed by atoms with Gasteiger partial charge in [0.15, 0.2) is 11.6 Å². The van der Waals surface area contributed by atoms with Crippen molar-refractivity contribution < 1.29 is 19.4 Å². The molecule has 1 amide bonds. The molecule has 5 aromatic rings. The molecular weight excluding hydrogens is 628 g/mol. The van der Waals surface area contributed by atoms with Crippen LogP contribution in [0.25, 0.3) is 10.4 Å². The van der Waals surface area contributed by atoms with Gasteiger partial charge in [-0.3, -0.25) is 10.2 Å². The van der Waals surface area contributed by atoms with Gasteiger partial charge in [-0.1, -0.05) is 120 Å². The Morgan fingerprint density at radius 1 is 0.880 bits per heavy atom. The molecular formula is C40H38N6O4. The van der Waals surface area contributed by atoms with Crippen molar-refractivity contribution in [3.05, 3.63) is 178 Å². The van der Waals surface area contributed by atoms with Gasteiger partial charge in [0, 0.05) is 53.6 Å². The zero-order chi connectivity index (χ0) is 34.6. The summed E-state index contributed by atoms with van der Waals surface area (Å²) in [6.07, 6.45) is -0.226. The molecule has 0 unspecified atom stereocenters. The first-order valence-electron chi connectivity index (χ1n) is 16.5. The zero-order valence-electron chi connectivity index (χ0n) is 27.4. The Morgan fingerprint density at radius 2 is 1.50 bits per heavy atom. The number of hydrazine groups is 1. The Kier molecular flexibility index (Phi) is 11.2. The van der Waals surface area contributed by atoms with Crippen molar-refractivity contribution in [3.8, 4) is 5.75 Å². The van der Waals surface area contributed by atoms with E-state index in [0.717, 1.165) is 16.7 Å². The van der Waals surface area contributed by atoms with Crippen molar-refractivity contribution in [3.63, 3.8) is 0 Å². The van der Waals surface area contributed by atoms with Gasteiger partial charge in [0.1, 0.15) is 5.75 Å². The van der Waals surface area contributed by atoms with E-state index in [9.17, 15) is 10.3 Å². The van der Waals surface area contributed by atoms with Crippen molar-refractivity contribution in [2.45, 2.75) is 30.4 Å². The number of carbonyl (C=O) groups is 1. The average Bonchev–Trinajstić information content (AvgIpc) is 3.55. The molecule has 3 N–H and O–H groups in total. The van der Waals surface area contributed by atoms with E-state index >= 15 is 0 Å². The first kappa shape index (κ1) is 34.0. The van der Waals surface area contributed by atoms with Crippen molar-refractivity contribution in [2.75, 3.05) is 19.8 Å². The third-order valence-corrected chi connectivity index (χ3v) is 8.63. The number of amides is 1. The van der Waals surface area contributed by atoms with Crippen LogP contribution < -0.4 is 15.6 Å². The van der Waals surface area contributed by atoms with Gasteiger partial charge in [-0.25, -0.2) is 10.4 Å². The number of nitrogens with zero attached hydrogens (tertiary/aromatic N) is 4. The second-order valence-corrected chi connectivity index (χ2v) is 11.9. The molecule has 5 aromatic carbocycles. The summed E-state index contributed by atoms with van der Waals surface area (Å²) in [4.78, 5) is 22.9. The normalized spacial score (nSPS) is 16.6. The summed E-state index contributed by atoms with van der Waals surface area (Å²) in [5.74, 6) is 0.460. The number of hydrogen-bond donors (Lipinski definition) is 3. The van der Waals surface area contributed by atoms with Gasteiger partial charge in [-0.2, -0.15) is 0 Å². The first-order chi connectivity index (χ1) is 24.6. The average molecular weight is 667 g/mol. The third kappa shape index (κ3) is 7.85.